The first kappa shape index (κ1) is 9.22. The van der Waals surface area contributed by atoms with Crippen molar-refractivity contribution >= 4 is 25.2 Å². The molecule has 0 amide bonds. The Labute approximate surface area is 78.7 Å². The third-order valence-corrected chi connectivity index (χ3v) is 3.12. The van der Waals surface area contributed by atoms with Crippen LogP contribution in [0, 0.1) is 0 Å². The quantitative estimate of drug-likeness (QED) is 0.679. The molecule has 0 N–H and O–H groups in total. The van der Waals surface area contributed by atoms with Gasteiger partial charge in [-0.2, -0.15) is 0 Å². The zero-order chi connectivity index (χ0) is 8.27. The molecule has 0 radical (unpaired) electrons. The van der Waals surface area contributed by atoms with Crippen molar-refractivity contribution in [3.05, 3.63) is 34.3 Å². The molecule has 2 heteroatoms. The van der Waals surface area contributed by atoms with Crippen LogP contribution in [-0.2, 0) is 0 Å². The molecule has 0 aliphatic carbocycles. The number of halogens is 1. The highest BCUT2D eigenvalue weighted by Crippen LogP contribution is 2.26. The molecule has 0 aliphatic heterocycles. The number of benzene rings is 1. The van der Waals surface area contributed by atoms with E-state index in [-0.39, 0.29) is 0 Å². The highest BCUT2D eigenvalue weighted by Gasteiger charge is 2.00. The minimum atomic E-state index is 0.600. The smallest absolute Gasteiger partial charge is 0.0175 e. The molecular weight excluding hydrogens is 219 g/mol. The standard InChI is InChI=1S/C9H12BrP/c1-2-9(11)7-3-5-8(10)6-4-7/h3-6,9H,2,11H2,1H3. The summed E-state index contributed by atoms with van der Waals surface area (Å²) in [6.07, 6.45) is 1.17. The molecule has 11 heavy (non-hydrogen) atoms. The molecule has 0 saturated carbocycles. The van der Waals surface area contributed by atoms with Crippen molar-refractivity contribution in [3.63, 3.8) is 0 Å². The largest absolute Gasteiger partial charge is 0.130 e. The lowest BCUT2D eigenvalue weighted by atomic mass is 10.1. The molecule has 0 saturated heterocycles. The zero-order valence-electron chi connectivity index (χ0n) is 6.55. The highest BCUT2D eigenvalue weighted by atomic mass is 79.9. The number of hydrogen-bond acceptors (Lipinski definition) is 0. The first-order valence-electron chi connectivity index (χ1n) is 3.75. The van der Waals surface area contributed by atoms with Crippen molar-refractivity contribution in [2.75, 3.05) is 0 Å². The van der Waals surface area contributed by atoms with E-state index in [0.717, 1.165) is 4.47 Å². The molecule has 0 aromatic heterocycles. The predicted octanol–water partition coefficient (Wildman–Crippen LogP) is 3.78. The second-order valence-corrected chi connectivity index (χ2v) is 4.29. The van der Waals surface area contributed by atoms with Crippen molar-refractivity contribution in [1.29, 1.82) is 0 Å². The fourth-order valence-corrected chi connectivity index (χ4v) is 1.43. The van der Waals surface area contributed by atoms with Gasteiger partial charge in [-0.25, -0.2) is 0 Å². The van der Waals surface area contributed by atoms with E-state index in [0.29, 0.717) is 5.66 Å². The first-order chi connectivity index (χ1) is 5.24. The van der Waals surface area contributed by atoms with E-state index >= 15 is 0 Å². The molecule has 0 aliphatic rings. The van der Waals surface area contributed by atoms with Crippen LogP contribution in [0.2, 0.25) is 0 Å². The van der Waals surface area contributed by atoms with Gasteiger partial charge in [0.1, 0.15) is 0 Å². The molecule has 1 aromatic rings. The van der Waals surface area contributed by atoms with Crippen LogP contribution in [-0.4, -0.2) is 0 Å². The third-order valence-electron chi connectivity index (χ3n) is 1.74. The van der Waals surface area contributed by atoms with E-state index in [9.17, 15) is 0 Å². The van der Waals surface area contributed by atoms with E-state index in [1.165, 1.54) is 12.0 Å². The second kappa shape index (κ2) is 4.23. The van der Waals surface area contributed by atoms with Gasteiger partial charge in [0.15, 0.2) is 0 Å². The maximum Gasteiger partial charge on any atom is 0.0175 e. The van der Waals surface area contributed by atoms with Gasteiger partial charge in [-0.3, -0.25) is 0 Å². The van der Waals surface area contributed by atoms with Gasteiger partial charge in [0.2, 0.25) is 0 Å². The molecule has 0 spiro atoms. The summed E-state index contributed by atoms with van der Waals surface area (Å²) in [5, 5.41) is 0. The van der Waals surface area contributed by atoms with Gasteiger partial charge in [0.25, 0.3) is 0 Å². The van der Waals surface area contributed by atoms with Crippen molar-refractivity contribution < 1.29 is 0 Å². The Morgan fingerprint density at radius 1 is 1.36 bits per heavy atom. The van der Waals surface area contributed by atoms with E-state index in [4.69, 9.17) is 0 Å². The van der Waals surface area contributed by atoms with Crippen LogP contribution in [0.3, 0.4) is 0 Å². The lowest BCUT2D eigenvalue weighted by Crippen LogP contribution is -1.85. The van der Waals surface area contributed by atoms with Gasteiger partial charge >= 0.3 is 0 Å². The highest BCUT2D eigenvalue weighted by molar-refractivity contribution is 9.10. The van der Waals surface area contributed by atoms with Crippen LogP contribution in [0.1, 0.15) is 24.6 Å². The van der Waals surface area contributed by atoms with Crippen molar-refractivity contribution in [1.82, 2.24) is 0 Å². The Morgan fingerprint density at radius 3 is 2.36 bits per heavy atom. The molecule has 2 unspecified atom stereocenters. The van der Waals surface area contributed by atoms with Crippen molar-refractivity contribution in [2.45, 2.75) is 19.0 Å². The van der Waals surface area contributed by atoms with Crippen molar-refractivity contribution in [3.8, 4) is 0 Å². The summed E-state index contributed by atoms with van der Waals surface area (Å²) in [5.41, 5.74) is 1.99. The van der Waals surface area contributed by atoms with Crippen LogP contribution >= 0.6 is 25.2 Å². The Hall–Kier alpha value is 0.130. The molecule has 2 atom stereocenters. The molecular formula is C9H12BrP. The maximum absolute atomic E-state index is 3.41. The van der Waals surface area contributed by atoms with Crippen LogP contribution in [0.5, 0.6) is 0 Å². The van der Waals surface area contributed by atoms with E-state index in [2.05, 4.69) is 56.4 Å². The van der Waals surface area contributed by atoms with Crippen LogP contribution < -0.4 is 0 Å². The Kier molecular flexibility index (Phi) is 3.54. The number of rotatable bonds is 2. The van der Waals surface area contributed by atoms with Gasteiger partial charge in [0, 0.05) is 4.47 Å². The Bertz CT molecular complexity index is 218. The van der Waals surface area contributed by atoms with E-state index < -0.39 is 0 Å². The summed E-state index contributed by atoms with van der Waals surface area (Å²) in [5.74, 6) is 0. The van der Waals surface area contributed by atoms with Crippen LogP contribution in [0.25, 0.3) is 0 Å². The van der Waals surface area contributed by atoms with E-state index in [1.807, 2.05) is 0 Å². The fourth-order valence-electron chi connectivity index (χ4n) is 0.946. The summed E-state index contributed by atoms with van der Waals surface area (Å²) >= 11 is 3.41. The molecule has 1 aromatic carbocycles. The SMILES string of the molecule is CCC(P)c1ccc(Br)cc1. The van der Waals surface area contributed by atoms with E-state index in [1.54, 1.807) is 0 Å². The summed E-state index contributed by atoms with van der Waals surface area (Å²) < 4.78 is 1.15. The molecule has 1 rings (SSSR count). The molecule has 0 nitrogen and oxygen atoms in total. The van der Waals surface area contributed by atoms with Gasteiger partial charge in [-0.15, -0.1) is 9.24 Å². The van der Waals surface area contributed by atoms with Crippen LogP contribution in [0.4, 0.5) is 0 Å². The summed E-state index contributed by atoms with van der Waals surface area (Å²) in [6.45, 7) is 2.19. The van der Waals surface area contributed by atoms with Crippen LogP contribution in [0.15, 0.2) is 28.7 Å². The molecule has 60 valence electrons. The van der Waals surface area contributed by atoms with Crippen molar-refractivity contribution in [2.24, 2.45) is 0 Å². The first-order valence-corrected chi connectivity index (χ1v) is 5.21. The average Bonchev–Trinajstić information content (AvgIpc) is 2.05. The van der Waals surface area contributed by atoms with Gasteiger partial charge in [-0.1, -0.05) is 35.0 Å². The monoisotopic (exact) mass is 230 g/mol. The summed E-state index contributed by atoms with van der Waals surface area (Å²) in [7, 11) is 2.85. The Morgan fingerprint density at radius 2 is 1.91 bits per heavy atom. The topological polar surface area (TPSA) is 0 Å². The zero-order valence-corrected chi connectivity index (χ0v) is 9.29. The molecule has 0 heterocycles. The second-order valence-electron chi connectivity index (χ2n) is 2.57. The third kappa shape index (κ3) is 2.57. The van der Waals surface area contributed by atoms with Gasteiger partial charge in [-0.05, 0) is 29.8 Å². The normalized spacial score (nSPS) is 13.0. The minimum absolute atomic E-state index is 0.600. The number of hydrogen-bond donors (Lipinski definition) is 0. The fraction of sp³-hybridized carbons (Fsp3) is 0.333. The lowest BCUT2D eigenvalue weighted by Gasteiger charge is -2.07. The molecule has 0 fully saturated rings. The van der Waals surface area contributed by atoms with Gasteiger partial charge < -0.3 is 0 Å². The lowest BCUT2D eigenvalue weighted by molar-refractivity contribution is 0.896. The van der Waals surface area contributed by atoms with Gasteiger partial charge in [0.05, 0.1) is 0 Å². The Balaban J connectivity index is 2.81. The summed E-state index contributed by atoms with van der Waals surface area (Å²) in [4.78, 5) is 0. The molecule has 0 bridgehead atoms. The maximum atomic E-state index is 3.41. The average molecular weight is 231 g/mol. The summed E-state index contributed by atoms with van der Waals surface area (Å²) in [6, 6.07) is 8.49. The predicted molar refractivity (Wildman–Crippen MR) is 56.9 cm³/mol. The minimum Gasteiger partial charge on any atom is -0.130 e.